The van der Waals surface area contributed by atoms with Gasteiger partial charge in [-0.3, -0.25) is 20.4 Å². The van der Waals surface area contributed by atoms with E-state index in [0.717, 1.165) is 6.42 Å². The van der Waals surface area contributed by atoms with Crippen LogP contribution in [0, 0.1) is 11.8 Å². The number of hydrogen-bond acceptors (Lipinski definition) is 4. The van der Waals surface area contributed by atoms with Gasteiger partial charge >= 0.3 is 0 Å². The number of hydrazine groups is 1. The monoisotopic (exact) mass is 404 g/mol. The average molecular weight is 404 g/mol. The van der Waals surface area contributed by atoms with E-state index in [9.17, 15) is 18.0 Å². The number of rotatable bonds is 4. The van der Waals surface area contributed by atoms with Gasteiger partial charge in [0.15, 0.2) is 0 Å². The zero-order valence-corrected chi connectivity index (χ0v) is 16.6. The number of carbonyl (C=O) groups excluding carboxylic acids is 2. The summed E-state index contributed by atoms with van der Waals surface area (Å²) in [4.78, 5) is 26.9. The highest BCUT2D eigenvalue weighted by atomic mass is 32.2. The molecule has 1 aromatic carbocycles. The Morgan fingerprint density at radius 3 is 2.18 bits per heavy atom. The Kier molecular flexibility index (Phi) is 5.85. The standard InChI is InChI=1S/C19H24N4O4S/c1-13-10-14(2)12-23(11-13)28(26,27)16-7-5-15(6-8-16)18(24)21-22-19(25)17-4-3-9-20-17/h3-9,13-14,20H,10-12H2,1-2H3,(H,21,24)(H,22,25)/t13-,14+. The third-order valence-corrected chi connectivity index (χ3v) is 6.57. The third-order valence-electron chi connectivity index (χ3n) is 4.72. The summed E-state index contributed by atoms with van der Waals surface area (Å²) in [5.74, 6) is -0.395. The lowest BCUT2D eigenvalue weighted by molar-refractivity contribution is 0.0844. The van der Waals surface area contributed by atoms with Crippen molar-refractivity contribution in [3.8, 4) is 0 Å². The molecule has 1 fully saturated rings. The number of sulfonamides is 1. The summed E-state index contributed by atoms with van der Waals surface area (Å²) in [5, 5.41) is 0. The van der Waals surface area contributed by atoms with Crippen molar-refractivity contribution in [1.82, 2.24) is 20.1 Å². The van der Waals surface area contributed by atoms with Gasteiger partial charge in [0.2, 0.25) is 10.0 Å². The number of aromatic amines is 1. The highest BCUT2D eigenvalue weighted by Crippen LogP contribution is 2.26. The Balaban J connectivity index is 1.65. The van der Waals surface area contributed by atoms with Gasteiger partial charge in [-0.1, -0.05) is 13.8 Å². The summed E-state index contributed by atoms with van der Waals surface area (Å²) in [6.07, 6.45) is 2.61. The zero-order chi connectivity index (χ0) is 20.3. The number of amides is 2. The summed E-state index contributed by atoms with van der Waals surface area (Å²) >= 11 is 0. The van der Waals surface area contributed by atoms with Crippen LogP contribution in [-0.2, 0) is 10.0 Å². The highest BCUT2D eigenvalue weighted by molar-refractivity contribution is 7.89. The van der Waals surface area contributed by atoms with E-state index in [2.05, 4.69) is 15.8 Å². The number of nitrogens with one attached hydrogen (secondary N) is 3. The number of hydrogen-bond donors (Lipinski definition) is 3. The number of aromatic nitrogens is 1. The van der Waals surface area contributed by atoms with E-state index in [1.54, 1.807) is 18.3 Å². The summed E-state index contributed by atoms with van der Waals surface area (Å²) in [7, 11) is -3.60. The van der Waals surface area contributed by atoms with E-state index >= 15 is 0 Å². The Bertz CT molecular complexity index is 929. The maximum atomic E-state index is 12.9. The molecule has 150 valence electrons. The Morgan fingerprint density at radius 2 is 1.61 bits per heavy atom. The summed E-state index contributed by atoms with van der Waals surface area (Å²) in [6.45, 7) is 5.10. The quantitative estimate of drug-likeness (QED) is 0.674. The number of nitrogens with zero attached hydrogens (tertiary/aromatic N) is 1. The van der Waals surface area contributed by atoms with E-state index in [1.165, 1.54) is 28.6 Å². The van der Waals surface area contributed by atoms with Gasteiger partial charge in [0.1, 0.15) is 5.69 Å². The molecule has 2 atom stereocenters. The van der Waals surface area contributed by atoms with Crippen LogP contribution in [0.3, 0.4) is 0 Å². The maximum Gasteiger partial charge on any atom is 0.286 e. The van der Waals surface area contributed by atoms with E-state index < -0.39 is 21.8 Å². The van der Waals surface area contributed by atoms with Crippen LogP contribution in [-0.4, -0.2) is 42.6 Å². The fraction of sp³-hybridized carbons (Fsp3) is 0.368. The lowest BCUT2D eigenvalue weighted by Crippen LogP contribution is -2.42. The molecular weight excluding hydrogens is 380 g/mol. The number of H-pyrrole nitrogens is 1. The largest absolute Gasteiger partial charge is 0.357 e. The van der Waals surface area contributed by atoms with Crippen LogP contribution >= 0.6 is 0 Å². The number of benzene rings is 1. The number of piperidine rings is 1. The molecule has 3 N–H and O–H groups in total. The van der Waals surface area contributed by atoms with Crippen LogP contribution in [0.15, 0.2) is 47.5 Å². The normalized spacial score (nSPS) is 20.5. The molecule has 1 aliphatic heterocycles. The van der Waals surface area contributed by atoms with Gasteiger partial charge in [-0.2, -0.15) is 4.31 Å². The van der Waals surface area contributed by atoms with Crippen molar-refractivity contribution in [3.05, 3.63) is 53.9 Å². The number of carbonyl (C=O) groups is 2. The first-order valence-electron chi connectivity index (χ1n) is 9.11. The summed E-state index contributed by atoms with van der Waals surface area (Å²) in [6, 6.07) is 8.94. The van der Waals surface area contributed by atoms with E-state index in [0.29, 0.717) is 30.6 Å². The first-order chi connectivity index (χ1) is 13.3. The first-order valence-corrected chi connectivity index (χ1v) is 10.6. The van der Waals surface area contributed by atoms with Crippen LogP contribution in [0.4, 0.5) is 0 Å². The van der Waals surface area contributed by atoms with Crippen molar-refractivity contribution < 1.29 is 18.0 Å². The first kappa shape index (κ1) is 20.1. The molecule has 3 rings (SSSR count). The van der Waals surface area contributed by atoms with Crippen molar-refractivity contribution in [3.63, 3.8) is 0 Å². The summed E-state index contributed by atoms with van der Waals surface area (Å²) < 4.78 is 27.3. The van der Waals surface area contributed by atoms with E-state index in [1.807, 2.05) is 13.8 Å². The molecule has 0 spiro atoms. The Hall–Kier alpha value is -2.65. The fourth-order valence-corrected chi connectivity index (χ4v) is 5.13. The minimum absolute atomic E-state index is 0.153. The van der Waals surface area contributed by atoms with Gasteiger partial charge in [-0.25, -0.2) is 8.42 Å². The smallest absolute Gasteiger partial charge is 0.286 e. The van der Waals surface area contributed by atoms with Crippen molar-refractivity contribution in [2.75, 3.05) is 13.1 Å². The lowest BCUT2D eigenvalue weighted by atomic mass is 9.94. The Morgan fingerprint density at radius 1 is 1.00 bits per heavy atom. The summed E-state index contributed by atoms with van der Waals surface area (Å²) in [5.41, 5.74) is 5.15. The molecule has 28 heavy (non-hydrogen) atoms. The molecule has 0 radical (unpaired) electrons. The molecule has 0 saturated carbocycles. The Labute approximate surface area is 164 Å². The average Bonchev–Trinajstić information content (AvgIpc) is 3.20. The van der Waals surface area contributed by atoms with Gasteiger partial charge < -0.3 is 4.98 Å². The van der Waals surface area contributed by atoms with E-state index in [4.69, 9.17) is 0 Å². The van der Waals surface area contributed by atoms with E-state index in [-0.39, 0.29) is 10.5 Å². The van der Waals surface area contributed by atoms with Gasteiger partial charge in [-0.05, 0) is 54.7 Å². The predicted octanol–water partition coefficient (Wildman–Crippen LogP) is 1.76. The molecule has 8 nitrogen and oxygen atoms in total. The molecule has 1 aromatic heterocycles. The second-order valence-corrected chi connectivity index (χ2v) is 9.22. The molecule has 0 unspecified atom stereocenters. The van der Waals surface area contributed by atoms with Crippen LogP contribution in [0.25, 0.3) is 0 Å². The van der Waals surface area contributed by atoms with Crippen LogP contribution in [0.5, 0.6) is 0 Å². The van der Waals surface area contributed by atoms with Crippen LogP contribution in [0.2, 0.25) is 0 Å². The maximum absolute atomic E-state index is 12.9. The molecule has 9 heteroatoms. The van der Waals surface area contributed by atoms with Gasteiger partial charge in [0.05, 0.1) is 4.90 Å². The second kappa shape index (κ2) is 8.15. The minimum atomic E-state index is -3.60. The van der Waals surface area contributed by atoms with Gasteiger partial charge in [-0.15, -0.1) is 0 Å². The molecular formula is C19H24N4O4S. The molecule has 2 heterocycles. The highest BCUT2D eigenvalue weighted by Gasteiger charge is 2.31. The van der Waals surface area contributed by atoms with Crippen molar-refractivity contribution >= 4 is 21.8 Å². The van der Waals surface area contributed by atoms with Gasteiger partial charge in [0.25, 0.3) is 11.8 Å². The van der Waals surface area contributed by atoms with Crippen molar-refractivity contribution in [2.24, 2.45) is 11.8 Å². The lowest BCUT2D eigenvalue weighted by Gasteiger charge is -2.34. The molecule has 0 aliphatic carbocycles. The third kappa shape index (κ3) is 4.42. The zero-order valence-electron chi connectivity index (χ0n) is 15.8. The molecule has 2 amide bonds. The fourth-order valence-electron chi connectivity index (χ4n) is 3.45. The van der Waals surface area contributed by atoms with Gasteiger partial charge in [0, 0.05) is 24.8 Å². The molecule has 1 saturated heterocycles. The SMILES string of the molecule is C[C@@H]1C[C@H](C)CN(S(=O)(=O)c2ccc(C(=O)NNC(=O)c3ccc[nH]3)cc2)C1. The second-order valence-electron chi connectivity index (χ2n) is 7.28. The van der Waals surface area contributed by atoms with Crippen LogP contribution < -0.4 is 10.9 Å². The van der Waals surface area contributed by atoms with Crippen molar-refractivity contribution in [1.29, 1.82) is 0 Å². The predicted molar refractivity (Wildman–Crippen MR) is 104 cm³/mol. The van der Waals surface area contributed by atoms with Crippen molar-refractivity contribution in [2.45, 2.75) is 25.2 Å². The van der Waals surface area contributed by atoms with Crippen LogP contribution in [0.1, 0.15) is 41.1 Å². The molecule has 2 aromatic rings. The molecule has 1 aliphatic rings. The molecule has 0 bridgehead atoms. The minimum Gasteiger partial charge on any atom is -0.357 e. The topological polar surface area (TPSA) is 111 Å².